The van der Waals surface area contributed by atoms with Gasteiger partial charge in [0.2, 0.25) is 0 Å². The molecule has 0 aromatic heterocycles. The standard InChI is InChI=1S/C13H13ClN2O2/c14-11-7-9(4-5-13(11)16(17)18)15-12-6-8-2-1-3-10(8)12/h1,3-5,7-8,10,12,15H,2,6H2. The molecule has 3 atom stereocenters. The molecule has 0 spiro atoms. The summed E-state index contributed by atoms with van der Waals surface area (Å²) < 4.78 is 0. The molecule has 5 heteroatoms. The van der Waals surface area contributed by atoms with Crippen molar-refractivity contribution >= 4 is 23.0 Å². The minimum atomic E-state index is -0.467. The molecule has 94 valence electrons. The molecule has 1 aromatic carbocycles. The van der Waals surface area contributed by atoms with Crippen molar-refractivity contribution in [2.45, 2.75) is 18.9 Å². The van der Waals surface area contributed by atoms with Crippen LogP contribution >= 0.6 is 11.6 Å². The lowest BCUT2D eigenvalue weighted by molar-refractivity contribution is -0.384. The molecule has 1 fully saturated rings. The molecule has 0 bridgehead atoms. The summed E-state index contributed by atoms with van der Waals surface area (Å²) in [4.78, 5) is 10.2. The maximum absolute atomic E-state index is 10.7. The van der Waals surface area contributed by atoms with E-state index in [4.69, 9.17) is 11.6 Å². The van der Waals surface area contributed by atoms with E-state index in [1.807, 2.05) is 0 Å². The van der Waals surface area contributed by atoms with E-state index in [0.29, 0.717) is 12.0 Å². The van der Waals surface area contributed by atoms with Gasteiger partial charge in [-0.15, -0.1) is 0 Å². The normalized spacial score (nSPS) is 28.6. The average Bonchev–Trinajstić information content (AvgIpc) is 2.67. The van der Waals surface area contributed by atoms with Crippen molar-refractivity contribution in [2.75, 3.05) is 5.32 Å². The Hall–Kier alpha value is -1.55. The lowest BCUT2D eigenvalue weighted by Crippen LogP contribution is -2.43. The van der Waals surface area contributed by atoms with Crippen LogP contribution in [0.4, 0.5) is 11.4 Å². The molecule has 0 aliphatic heterocycles. The highest BCUT2D eigenvalue weighted by Crippen LogP contribution is 2.44. The van der Waals surface area contributed by atoms with Gasteiger partial charge in [0.15, 0.2) is 0 Å². The average molecular weight is 265 g/mol. The summed E-state index contributed by atoms with van der Waals surface area (Å²) in [6, 6.07) is 5.23. The highest BCUT2D eigenvalue weighted by molar-refractivity contribution is 6.32. The highest BCUT2D eigenvalue weighted by Gasteiger charge is 2.40. The van der Waals surface area contributed by atoms with Crippen LogP contribution in [0.2, 0.25) is 5.02 Å². The summed E-state index contributed by atoms with van der Waals surface area (Å²) in [7, 11) is 0. The van der Waals surface area contributed by atoms with Gasteiger partial charge in [-0.1, -0.05) is 23.8 Å². The topological polar surface area (TPSA) is 55.2 Å². The Bertz CT molecular complexity index is 530. The van der Waals surface area contributed by atoms with Crippen molar-refractivity contribution in [3.05, 3.63) is 45.5 Å². The number of halogens is 1. The second-order valence-electron chi connectivity index (χ2n) is 4.91. The molecule has 1 aromatic rings. The molecular formula is C13H13ClN2O2. The molecule has 0 saturated heterocycles. The van der Waals surface area contributed by atoms with E-state index in [1.165, 1.54) is 12.5 Å². The number of allylic oxidation sites excluding steroid dienone is 1. The third-order valence-electron chi connectivity index (χ3n) is 3.86. The van der Waals surface area contributed by atoms with Gasteiger partial charge in [0.1, 0.15) is 5.02 Å². The number of fused-ring (bicyclic) bond motifs is 1. The number of nitro groups is 1. The lowest BCUT2D eigenvalue weighted by atomic mass is 9.71. The van der Waals surface area contributed by atoms with Gasteiger partial charge in [-0.2, -0.15) is 0 Å². The summed E-state index contributed by atoms with van der Waals surface area (Å²) >= 11 is 5.88. The highest BCUT2D eigenvalue weighted by atomic mass is 35.5. The molecular weight excluding hydrogens is 252 g/mol. The molecule has 0 heterocycles. The molecule has 0 radical (unpaired) electrons. The van der Waals surface area contributed by atoms with Gasteiger partial charge >= 0.3 is 0 Å². The van der Waals surface area contributed by atoms with Crippen LogP contribution in [0.15, 0.2) is 30.4 Å². The number of anilines is 1. The number of benzene rings is 1. The van der Waals surface area contributed by atoms with Crippen molar-refractivity contribution in [2.24, 2.45) is 11.8 Å². The summed E-state index contributed by atoms with van der Waals surface area (Å²) in [6.45, 7) is 0. The Morgan fingerprint density at radius 1 is 1.44 bits per heavy atom. The molecule has 1 saturated carbocycles. The number of nitrogens with zero attached hydrogens (tertiary/aromatic N) is 1. The van der Waals surface area contributed by atoms with Crippen molar-refractivity contribution in [1.29, 1.82) is 0 Å². The molecule has 3 rings (SSSR count). The minimum absolute atomic E-state index is 0.0468. The molecule has 3 unspecified atom stereocenters. The van der Waals surface area contributed by atoms with Crippen LogP contribution < -0.4 is 5.32 Å². The zero-order valence-electron chi connectivity index (χ0n) is 9.67. The van der Waals surface area contributed by atoms with Crippen molar-refractivity contribution in [3.63, 3.8) is 0 Å². The summed E-state index contributed by atoms with van der Waals surface area (Å²) in [6.07, 6.45) is 6.84. The van der Waals surface area contributed by atoms with E-state index in [-0.39, 0.29) is 10.7 Å². The lowest BCUT2D eigenvalue weighted by Gasteiger charge is -2.41. The third kappa shape index (κ3) is 1.86. The van der Waals surface area contributed by atoms with E-state index in [0.717, 1.165) is 18.0 Å². The molecule has 0 amide bonds. The third-order valence-corrected chi connectivity index (χ3v) is 4.16. The van der Waals surface area contributed by atoms with Crippen molar-refractivity contribution in [1.82, 2.24) is 0 Å². The molecule has 1 N–H and O–H groups in total. The van der Waals surface area contributed by atoms with Gasteiger partial charge in [-0.25, -0.2) is 0 Å². The van der Waals surface area contributed by atoms with Gasteiger partial charge in [0.05, 0.1) is 4.92 Å². The van der Waals surface area contributed by atoms with Crippen LogP contribution in [0.1, 0.15) is 12.8 Å². The van der Waals surface area contributed by atoms with Gasteiger partial charge in [0, 0.05) is 23.7 Å². The maximum Gasteiger partial charge on any atom is 0.288 e. The van der Waals surface area contributed by atoms with Crippen LogP contribution in [0.3, 0.4) is 0 Å². The van der Waals surface area contributed by atoms with E-state index in [9.17, 15) is 10.1 Å². The summed E-state index contributed by atoms with van der Waals surface area (Å²) in [5.41, 5.74) is 0.809. The Balaban J connectivity index is 1.72. The largest absolute Gasteiger partial charge is 0.382 e. The first-order valence-corrected chi connectivity index (χ1v) is 6.40. The Kier molecular flexibility index (Phi) is 2.74. The number of hydrogen-bond acceptors (Lipinski definition) is 3. The first-order valence-electron chi connectivity index (χ1n) is 6.02. The van der Waals surface area contributed by atoms with Crippen LogP contribution in [0.25, 0.3) is 0 Å². The fraction of sp³-hybridized carbons (Fsp3) is 0.385. The van der Waals surface area contributed by atoms with Crippen LogP contribution in [0.5, 0.6) is 0 Å². The summed E-state index contributed by atoms with van der Waals surface area (Å²) in [5.74, 6) is 1.40. The smallest absolute Gasteiger partial charge is 0.288 e. The quantitative estimate of drug-likeness (QED) is 0.515. The van der Waals surface area contributed by atoms with Crippen LogP contribution in [-0.4, -0.2) is 11.0 Å². The van der Waals surface area contributed by atoms with Gasteiger partial charge in [-0.05, 0) is 30.9 Å². The number of nitro benzene ring substituents is 1. The molecule has 2 aliphatic carbocycles. The minimum Gasteiger partial charge on any atom is -0.382 e. The Morgan fingerprint density at radius 3 is 2.94 bits per heavy atom. The van der Waals surface area contributed by atoms with Crippen molar-refractivity contribution < 1.29 is 4.92 Å². The van der Waals surface area contributed by atoms with Gasteiger partial charge in [-0.3, -0.25) is 10.1 Å². The maximum atomic E-state index is 10.7. The zero-order chi connectivity index (χ0) is 12.7. The van der Waals surface area contributed by atoms with E-state index in [2.05, 4.69) is 17.5 Å². The van der Waals surface area contributed by atoms with E-state index in [1.54, 1.807) is 12.1 Å². The molecule has 2 aliphatic rings. The second-order valence-corrected chi connectivity index (χ2v) is 5.32. The van der Waals surface area contributed by atoms with Crippen LogP contribution in [-0.2, 0) is 0 Å². The number of hydrogen-bond donors (Lipinski definition) is 1. The van der Waals surface area contributed by atoms with Crippen LogP contribution in [0, 0.1) is 22.0 Å². The second kappa shape index (κ2) is 4.28. The van der Waals surface area contributed by atoms with E-state index < -0.39 is 4.92 Å². The molecule has 4 nitrogen and oxygen atoms in total. The fourth-order valence-corrected chi connectivity index (χ4v) is 3.09. The zero-order valence-corrected chi connectivity index (χ0v) is 10.4. The Labute approximate surface area is 110 Å². The monoisotopic (exact) mass is 264 g/mol. The fourth-order valence-electron chi connectivity index (χ4n) is 2.84. The number of nitrogens with one attached hydrogen (secondary N) is 1. The Morgan fingerprint density at radius 2 is 2.28 bits per heavy atom. The van der Waals surface area contributed by atoms with Gasteiger partial charge < -0.3 is 5.32 Å². The van der Waals surface area contributed by atoms with Gasteiger partial charge in [0.25, 0.3) is 5.69 Å². The molecule has 18 heavy (non-hydrogen) atoms. The summed E-state index contributed by atoms with van der Waals surface area (Å²) in [5, 5.41) is 14.2. The predicted octanol–water partition coefficient (Wildman–Crippen LogP) is 3.62. The van der Waals surface area contributed by atoms with Crippen molar-refractivity contribution in [3.8, 4) is 0 Å². The predicted molar refractivity (Wildman–Crippen MR) is 70.9 cm³/mol. The SMILES string of the molecule is O=[N+]([O-])c1ccc(NC2CC3CC=CC32)cc1Cl. The first-order chi connectivity index (χ1) is 8.65. The van der Waals surface area contributed by atoms with E-state index >= 15 is 0 Å². The number of rotatable bonds is 3. The first kappa shape index (κ1) is 11.5.